The highest BCUT2D eigenvalue weighted by atomic mass is 16.6. The Hall–Kier alpha value is -11.7. The lowest BCUT2D eigenvalue weighted by molar-refractivity contribution is 0.0209. The fourth-order valence-electron chi connectivity index (χ4n) is 13.2. The van der Waals surface area contributed by atoms with Crippen molar-refractivity contribution in [1.82, 2.24) is 98.3 Å². The number of benzene rings is 4. The first-order chi connectivity index (χ1) is 54.6. The summed E-state index contributed by atoms with van der Waals surface area (Å²) in [6, 6.07) is 40.6. The lowest BCUT2D eigenvalue weighted by Gasteiger charge is -2.30. The Morgan fingerprint density at radius 3 is 1.13 bits per heavy atom. The molecule has 0 saturated carbocycles. The minimum Gasteiger partial charge on any atom is -0.444 e. The van der Waals surface area contributed by atoms with Crippen LogP contribution in [-0.2, 0) is 103 Å². The number of nitrogens with zero attached hydrogens (tertiary/aromatic N) is 15. The molecule has 6 aliphatic heterocycles. The third kappa shape index (κ3) is 23.7. The third-order valence-corrected chi connectivity index (χ3v) is 18.7. The molecule has 6 aliphatic rings. The number of carbonyl (C=O) groups is 4. The van der Waals surface area contributed by atoms with E-state index in [0.717, 1.165) is 134 Å². The Morgan fingerprint density at radius 1 is 0.368 bits per heavy atom. The molecule has 0 aliphatic carbocycles. The molecule has 114 heavy (non-hydrogen) atoms. The first-order valence-electron chi connectivity index (χ1n) is 39.1. The number of rotatable bonds is 6. The van der Waals surface area contributed by atoms with Crippen LogP contribution in [0.15, 0.2) is 172 Å². The molecule has 0 spiro atoms. The number of aromatic amines is 3. The number of fused-ring (bicyclic) bond motifs is 6. The molecule has 604 valence electrons. The molecule has 29 heteroatoms. The smallest absolute Gasteiger partial charge is 0.410 e. The monoisotopic (exact) mass is 1550 g/mol. The van der Waals surface area contributed by atoms with Crippen molar-refractivity contribution in [3.05, 3.63) is 246 Å². The van der Waals surface area contributed by atoms with Crippen LogP contribution in [0.3, 0.4) is 0 Å². The van der Waals surface area contributed by atoms with E-state index in [4.69, 9.17) is 24.7 Å². The molecular formula is C85H111N21O8. The number of hydrogen-bond acceptors (Lipinski definition) is 18. The van der Waals surface area contributed by atoms with Crippen molar-refractivity contribution in [3.63, 3.8) is 0 Å². The van der Waals surface area contributed by atoms with Crippen molar-refractivity contribution in [2.75, 3.05) is 45.8 Å². The summed E-state index contributed by atoms with van der Waals surface area (Å²) in [6.07, 6.45) is 19.3. The van der Waals surface area contributed by atoms with Crippen molar-refractivity contribution in [1.29, 1.82) is 0 Å². The fraction of sp³-hybridized carbons (Fsp3) is 0.424. The van der Waals surface area contributed by atoms with E-state index in [1.54, 1.807) is 44.8 Å². The quantitative estimate of drug-likeness (QED) is 0.0842. The summed E-state index contributed by atoms with van der Waals surface area (Å²) in [5.74, 6) is 0. The predicted octanol–water partition coefficient (Wildman–Crippen LogP) is 12.7. The highest BCUT2D eigenvalue weighted by molar-refractivity contribution is 5.70. The van der Waals surface area contributed by atoms with Gasteiger partial charge in [-0.15, -0.1) is 0 Å². The summed E-state index contributed by atoms with van der Waals surface area (Å²) in [5, 5.41) is 6.63. The summed E-state index contributed by atoms with van der Waals surface area (Å²) in [7, 11) is 0. The van der Waals surface area contributed by atoms with Gasteiger partial charge in [0.1, 0.15) is 22.4 Å². The van der Waals surface area contributed by atoms with Gasteiger partial charge in [-0.25, -0.2) is 54.1 Å². The van der Waals surface area contributed by atoms with Crippen LogP contribution in [0.2, 0.25) is 0 Å². The largest absolute Gasteiger partial charge is 0.444 e. The third-order valence-electron chi connectivity index (χ3n) is 18.7. The van der Waals surface area contributed by atoms with E-state index in [1.165, 1.54) is 34.2 Å². The Balaban J connectivity index is 0.000000134. The van der Waals surface area contributed by atoms with Crippen LogP contribution in [0, 0.1) is 0 Å². The second-order valence-electron chi connectivity index (χ2n) is 32.1. The van der Waals surface area contributed by atoms with Crippen LogP contribution in [0.1, 0.15) is 157 Å². The van der Waals surface area contributed by atoms with Crippen molar-refractivity contribution >= 4 is 24.4 Å². The van der Waals surface area contributed by atoms with Crippen LogP contribution in [0.5, 0.6) is 0 Å². The molecular weight excluding hydrogens is 1440 g/mol. The van der Waals surface area contributed by atoms with Gasteiger partial charge in [-0.3, -0.25) is 0 Å². The molecule has 0 atom stereocenters. The van der Waals surface area contributed by atoms with Crippen LogP contribution in [0.25, 0.3) is 22.7 Å². The Bertz CT molecular complexity index is 4700. The Kier molecular flexibility index (Phi) is 27.9. The first kappa shape index (κ1) is 83.3. The van der Waals surface area contributed by atoms with E-state index in [-0.39, 0.29) is 24.4 Å². The number of hydrogen-bond donors (Lipinski definition) is 6. The van der Waals surface area contributed by atoms with Gasteiger partial charge in [0, 0.05) is 138 Å². The Morgan fingerprint density at radius 2 is 0.719 bits per heavy atom. The molecule has 11 aromatic rings. The fourth-order valence-corrected chi connectivity index (χ4v) is 13.2. The average Bonchev–Trinajstić information content (AvgIpc) is 1.65. The molecule has 0 bridgehead atoms. The standard InChI is InChI=1S/3C17H21N3O2.C12H13N3.C11H17N3O2.C6H9N3.C5H9N3/c1-17(2,3)22-16(21)19-10-9-15-14(11-19)18-12-20(15)13-7-5-4-6-8-13;2*1-17(2,3)22-16(21)19-10-9-14-15(11-19)20(12-18-14)13-7-5-4-6-8-13;1-2-4-10(5-3-1)15-9-14-11-6-7-13-8-12(11)15;1-11(2,3)16-10(15)14-5-4-8-9(6-14)13-7-12-8;1-2-7-3-6-5(1)8-4-9-6;6-2-1-5-3-7-4-8-5/h3*4-8,12H,9-11H2,1-3H3;1-5,9,13H,6-8H2;7H,4-6H2,1-3H3,(H,12,13);4,7H,1-3H2,(H,8,9);3-4H,1-2,6H2,(H,7,8). The molecule has 0 unspecified atom stereocenters. The van der Waals surface area contributed by atoms with Gasteiger partial charge in [-0.1, -0.05) is 72.8 Å². The van der Waals surface area contributed by atoms with Crippen LogP contribution in [0.4, 0.5) is 19.2 Å². The number of para-hydroxylation sites is 4. The molecule has 29 nitrogen and oxygen atoms in total. The van der Waals surface area contributed by atoms with Gasteiger partial charge >= 0.3 is 24.4 Å². The number of H-pyrrole nitrogens is 3. The van der Waals surface area contributed by atoms with E-state index in [9.17, 15) is 19.2 Å². The maximum absolute atomic E-state index is 12.3. The number of ether oxygens (including phenoxy) is 4. The van der Waals surface area contributed by atoms with E-state index >= 15 is 0 Å². The lowest BCUT2D eigenvalue weighted by atomic mass is 10.1. The highest BCUT2D eigenvalue weighted by Gasteiger charge is 2.33. The summed E-state index contributed by atoms with van der Waals surface area (Å²) in [6.45, 7) is 32.0. The van der Waals surface area contributed by atoms with E-state index in [0.29, 0.717) is 58.9 Å². The van der Waals surface area contributed by atoms with Gasteiger partial charge in [0.15, 0.2) is 0 Å². The molecule has 4 aromatic carbocycles. The highest BCUT2D eigenvalue weighted by Crippen LogP contribution is 2.28. The van der Waals surface area contributed by atoms with Crippen LogP contribution < -0.4 is 16.4 Å². The van der Waals surface area contributed by atoms with Crippen LogP contribution in [-0.4, -0.2) is 180 Å². The number of imidazole rings is 7. The molecule has 13 heterocycles. The molecule has 0 saturated heterocycles. The molecule has 0 radical (unpaired) electrons. The number of nitrogens with two attached hydrogens (primary N) is 1. The SMILES string of the molecule is CC(C)(C)OC(=O)N1CCc2c(ncn2-c2ccccc2)C1.CC(C)(C)OC(=O)N1CCc2nc[nH]c2C1.CC(C)(C)OC(=O)N1CCc2ncn(-c3ccccc3)c2C1.CC(C)(C)OC(=O)N1CCc2ncn(-c3ccccc3)c2C1.NCCc1cnc[nH]1.c1ccc(-n2cnc3c2CNCC3)cc1.c1nc2c([nH]1)CNCC2. The maximum atomic E-state index is 12.3. The minimum absolute atomic E-state index is 0.257. The van der Waals surface area contributed by atoms with Gasteiger partial charge in [-0.05, 0) is 138 Å². The van der Waals surface area contributed by atoms with Crippen molar-refractivity contribution < 1.29 is 38.1 Å². The van der Waals surface area contributed by atoms with E-state index in [1.807, 2.05) is 202 Å². The normalized spacial score (nSPS) is 14.7. The van der Waals surface area contributed by atoms with Crippen molar-refractivity contribution in [2.45, 2.75) is 190 Å². The topological polar surface area (TPSA) is 326 Å². The summed E-state index contributed by atoms with van der Waals surface area (Å²) >= 11 is 0. The summed E-state index contributed by atoms with van der Waals surface area (Å²) in [5.41, 5.74) is 22.4. The van der Waals surface area contributed by atoms with Gasteiger partial charge in [0.05, 0.1) is 133 Å². The number of aromatic nitrogens is 14. The lowest BCUT2D eigenvalue weighted by Crippen LogP contribution is -2.40. The zero-order chi connectivity index (χ0) is 81.0. The minimum atomic E-state index is -0.475. The molecule has 0 fully saturated rings. The van der Waals surface area contributed by atoms with E-state index < -0.39 is 22.4 Å². The van der Waals surface area contributed by atoms with E-state index in [2.05, 4.69) is 106 Å². The predicted molar refractivity (Wildman–Crippen MR) is 435 cm³/mol. The zero-order valence-electron chi connectivity index (χ0n) is 67.9. The van der Waals surface area contributed by atoms with Crippen molar-refractivity contribution in [3.8, 4) is 22.7 Å². The second-order valence-corrected chi connectivity index (χ2v) is 32.1. The average molecular weight is 1550 g/mol. The summed E-state index contributed by atoms with van der Waals surface area (Å²) in [4.78, 5) is 94.6. The Labute approximate surface area is 667 Å². The number of carbonyl (C=O) groups excluding carboxylic acids is 4. The first-order valence-corrected chi connectivity index (χ1v) is 39.1. The van der Waals surface area contributed by atoms with Gasteiger partial charge in [-0.2, -0.15) is 0 Å². The zero-order valence-corrected chi connectivity index (χ0v) is 67.9. The number of nitrogens with one attached hydrogen (secondary N) is 5. The second kappa shape index (κ2) is 38.2. The van der Waals surface area contributed by atoms with Crippen molar-refractivity contribution in [2.24, 2.45) is 5.73 Å². The molecule has 7 N–H and O–H groups in total. The van der Waals surface area contributed by atoms with Gasteiger partial charge < -0.3 is 88.1 Å². The molecule has 17 rings (SSSR count). The number of amides is 4. The summed E-state index contributed by atoms with van der Waals surface area (Å²) < 4.78 is 30.1. The van der Waals surface area contributed by atoms with Crippen LogP contribution >= 0.6 is 0 Å². The van der Waals surface area contributed by atoms with Gasteiger partial charge in [0.2, 0.25) is 0 Å². The molecule has 7 aromatic heterocycles. The maximum Gasteiger partial charge on any atom is 0.410 e. The molecule has 4 amide bonds. The van der Waals surface area contributed by atoms with Gasteiger partial charge in [0.25, 0.3) is 0 Å².